The van der Waals surface area contributed by atoms with Crippen LogP contribution in [0.2, 0.25) is 0 Å². The van der Waals surface area contributed by atoms with E-state index in [4.69, 9.17) is 13.7 Å². The normalized spacial score (nSPS) is 11.2. The first-order valence-electron chi connectivity index (χ1n) is 7.95. The van der Waals surface area contributed by atoms with Gasteiger partial charge < -0.3 is 14.6 Å². The molecule has 7 nitrogen and oxygen atoms in total. The van der Waals surface area contributed by atoms with Crippen molar-refractivity contribution in [2.45, 2.75) is 25.2 Å². The number of hydrogen-bond donors (Lipinski definition) is 1. The minimum Gasteiger partial charge on any atom is -0.504 e. The summed E-state index contributed by atoms with van der Waals surface area (Å²) in [5, 5.41) is 9.81. The summed E-state index contributed by atoms with van der Waals surface area (Å²) in [5.74, 6) is -0.781. The molecule has 1 N–H and O–H groups in total. The molecular formula is C18H20O7S. The van der Waals surface area contributed by atoms with E-state index in [-0.39, 0.29) is 41.8 Å². The number of phenolic OH excluding ortho intramolecular Hbond substituents is 1. The fourth-order valence-electron chi connectivity index (χ4n) is 2.04. The maximum atomic E-state index is 12.1. The molecule has 0 aliphatic heterocycles. The van der Waals surface area contributed by atoms with Crippen LogP contribution in [0.3, 0.4) is 0 Å². The van der Waals surface area contributed by atoms with Crippen LogP contribution in [0.4, 0.5) is 0 Å². The number of ether oxygens (including phenoxy) is 2. The third kappa shape index (κ3) is 5.21. The van der Waals surface area contributed by atoms with Crippen molar-refractivity contribution in [1.82, 2.24) is 0 Å². The number of carbonyl (C=O) groups excluding carboxylic acids is 1. The van der Waals surface area contributed by atoms with Crippen LogP contribution in [0.5, 0.6) is 17.2 Å². The highest BCUT2D eigenvalue weighted by molar-refractivity contribution is 7.86. The lowest BCUT2D eigenvalue weighted by atomic mass is 10.2. The summed E-state index contributed by atoms with van der Waals surface area (Å²) in [7, 11) is -3.89. The summed E-state index contributed by atoms with van der Waals surface area (Å²) in [4.78, 5) is 11.5. The summed E-state index contributed by atoms with van der Waals surface area (Å²) in [6.45, 7) is 3.04. The largest absolute Gasteiger partial charge is 0.504 e. The number of para-hydroxylation sites is 1. The predicted octanol–water partition coefficient (Wildman–Crippen LogP) is 2.80. The number of hydrogen-bond acceptors (Lipinski definition) is 7. The number of aryl methyl sites for hydroxylation is 1. The Bertz CT molecular complexity index is 875. The van der Waals surface area contributed by atoms with Crippen molar-refractivity contribution >= 4 is 16.1 Å². The van der Waals surface area contributed by atoms with Gasteiger partial charge in [0.25, 0.3) is 10.1 Å². The summed E-state index contributed by atoms with van der Waals surface area (Å²) in [5.41, 5.74) is 0.799. The second-order valence-corrected chi connectivity index (χ2v) is 6.99. The highest BCUT2D eigenvalue weighted by Gasteiger charge is 2.17. The van der Waals surface area contributed by atoms with E-state index >= 15 is 0 Å². The molecule has 0 saturated heterocycles. The van der Waals surface area contributed by atoms with E-state index in [1.54, 1.807) is 26.0 Å². The SMILES string of the molecule is CCC(=O)Oc1c(O)cccc1OCCOS(=O)(=O)c1cccc(C)c1. The van der Waals surface area contributed by atoms with Gasteiger partial charge in [-0.3, -0.25) is 8.98 Å². The van der Waals surface area contributed by atoms with Gasteiger partial charge >= 0.3 is 5.97 Å². The van der Waals surface area contributed by atoms with Crippen LogP contribution in [0.15, 0.2) is 47.4 Å². The van der Waals surface area contributed by atoms with Crippen LogP contribution in [0.1, 0.15) is 18.9 Å². The lowest BCUT2D eigenvalue weighted by molar-refractivity contribution is -0.134. The lowest BCUT2D eigenvalue weighted by Gasteiger charge is -2.12. The van der Waals surface area contributed by atoms with E-state index < -0.39 is 16.1 Å². The molecule has 0 radical (unpaired) electrons. The van der Waals surface area contributed by atoms with Gasteiger partial charge in [-0.1, -0.05) is 25.1 Å². The molecule has 2 aromatic rings. The minimum absolute atomic E-state index is 0.0624. The maximum absolute atomic E-state index is 12.1. The quantitative estimate of drug-likeness (QED) is 0.325. The first-order valence-corrected chi connectivity index (χ1v) is 9.36. The molecule has 26 heavy (non-hydrogen) atoms. The van der Waals surface area contributed by atoms with Crippen molar-refractivity contribution in [2.24, 2.45) is 0 Å². The highest BCUT2D eigenvalue weighted by atomic mass is 32.2. The number of esters is 1. The van der Waals surface area contributed by atoms with E-state index in [0.29, 0.717) is 0 Å². The topological polar surface area (TPSA) is 99.1 Å². The fraction of sp³-hybridized carbons (Fsp3) is 0.278. The average Bonchev–Trinajstić information content (AvgIpc) is 2.61. The molecule has 0 atom stereocenters. The van der Waals surface area contributed by atoms with Gasteiger partial charge in [0.1, 0.15) is 13.2 Å². The Morgan fingerprint density at radius 2 is 1.85 bits per heavy atom. The molecule has 0 heterocycles. The van der Waals surface area contributed by atoms with Crippen LogP contribution >= 0.6 is 0 Å². The first-order chi connectivity index (χ1) is 12.3. The Morgan fingerprint density at radius 3 is 2.54 bits per heavy atom. The van der Waals surface area contributed by atoms with Gasteiger partial charge in [-0.2, -0.15) is 8.42 Å². The van der Waals surface area contributed by atoms with Crippen molar-refractivity contribution in [1.29, 1.82) is 0 Å². The number of aromatic hydroxyl groups is 1. The summed E-state index contributed by atoms with van der Waals surface area (Å²) >= 11 is 0. The van der Waals surface area contributed by atoms with Gasteiger partial charge in [0, 0.05) is 6.42 Å². The standard InChI is InChI=1S/C18H20O7S/c1-3-17(20)25-18-15(19)8-5-9-16(18)23-10-11-24-26(21,22)14-7-4-6-13(2)12-14/h4-9,12,19H,3,10-11H2,1-2H3. The van der Waals surface area contributed by atoms with Crippen molar-refractivity contribution in [2.75, 3.05) is 13.2 Å². The van der Waals surface area contributed by atoms with Crippen molar-refractivity contribution in [3.8, 4) is 17.2 Å². The second-order valence-electron chi connectivity index (χ2n) is 5.37. The molecule has 0 fully saturated rings. The first kappa shape index (κ1) is 19.7. The Kier molecular flexibility index (Phi) is 6.59. The Hall–Kier alpha value is -2.58. The molecular weight excluding hydrogens is 360 g/mol. The van der Waals surface area contributed by atoms with E-state index in [2.05, 4.69) is 0 Å². The molecule has 2 aromatic carbocycles. The molecule has 8 heteroatoms. The van der Waals surface area contributed by atoms with Crippen LogP contribution in [-0.4, -0.2) is 32.7 Å². The number of carbonyl (C=O) groups is 1. The molecule has 0 aromatic heterocycles. The van der Waals surface area contributed by atoms with E-state index in [1.807, 2.05) is 0 Å². The number of phenols is 1. The summed E-state index contributed by atoms with van der Waals surface area (Å²) in [6.07, 6.45) is 0.131. The van der Waals surface area contributed by atoms with Gasteiger partial charge in [-0.15, -0.1) is 0 Å². The number of benzene rings is 2. The van der Waals surface area contributed by atoms with Crippen molar-refractivity contribution < 1.29 is 32.0 Å². The van der Waals surface area contributed by atoms with Crippen LogP contribution < -0.4 is 9.47 Å². The Balaban J connectivity index is 1.98. The predicted molar refractivity (Wildman–Crippen MR) is 93.8 cm³/mol. The van der Waals surface area contributed by atoms with Crippen molar-refractivity contribution in [3.05, 3.63) is 48.0 Å². The molecule has 0 bridgehead atoms. The molecule has 0 aliphatic carbocycles. The van der Waals surface area contributed by atoms with E-state index in [9.17, 15) is 18.3 Å². The molecule has 0 amide bonds. The Labute approximate surface area is 152 Å². The van der Waals surface area contributed by atoms with Gasteiger partial charge in [-0.05, 0) is 36.8 Å². The third-order valence-corrected chi connectivity index (χ3v) is 4.63. The minimum atomic E-state index is -3.89. The second kappa shape index (κ2) is 8.68. The fourth-order valence-corrected chi connectivity index (χ4v) is 3.04. The molecule has 2 rings (SSSR count). The average molecular weight is 380 g/mol. The van der Waals surface area contributed by atoms with Crippen LogP contribution in [0, 0.1) is 6.92 Å². The smallest absolute Gasteiger partial charge is 0.311 e. The maximum Gasteiger partial charge on any atom is 0.311 e. The molecule has 0 saturated carbocycles. The van der Waals surface area contributed by atoms with Gasteiger partial charge in [0.2, 0.25) is 5.75 Å². The lowest BCUT2D eigenvalue weighted by Crippen LogP contribution is -2.14. The zero-order valence-corrected chi connectivity index (χ0v) is 15.3. The molecule has 0 aliphatic rings. The molecule has 0 unspecified atom stereocenters. The van der Waals surface area contributed by atoms with E-state index in [1.165, 1.54) is 30.3 Å². The van der Waals surface area contributed by atoms with Gasteiger partial charge in [0.05, 0.1) is 4.90 Å². The Morgan fingerprint density at radius 1 is 1.12 bits per heavy atom. The van der Waals surface area contributed by atoms with Crippen molar-refractivity contribution in [3.63, 3.8) is 0 Å². The monoisotopic (exact) mass is 380 g/mol. The van der Waals surface area contributed by atoms with Crippen LogP contribution in [0.25, 0.3) is 0 Å². The third-order valence-electron chi connectivity index (χ3n) is 3.32. The van der Waals surface area contributed by atoms with E-state index in [0.717, 1.165) is 5.56 Å². The molecule has 140 valence electrons. The van der Waals surface area contributed by atoms with Crippen LogP contribution in [-0.2, 0) is 19.1 Å². The molecule has 0 spiro atoms. The summed E-state index contributed by atoms with van der Waals surface area (Å²) < 4.78 is 39.6. The zero-order valence-electron chi connectivity index (χ0n) is 14.5. The highest BCUT2D eigenvalue weighted by Crippen LogP contribution is 2.36. The summed E-state index contributed by atoms with van der Waals surface area (Å²) in [6, 6.07) is 10.7. The van der Waals surface area contributed by atoms with Gasteiger partial charge in [-0.25, -0.2) is 0 Å². The van der Waals surface area contributed by atoms with Gasteiger partial charge in [0.15, 0.2) is 11.5 Å². The zero-order chi connectivity index (χ0) is 19.2. The number of rotatable bonds is 8.